The first-order chi connectivity index (χ1) is 11.6. The van der Waals surface area contributed by atoms with Crippen molar-refractivity contribution in [2.75, 3.05) is 51.3 Å². The fourth-order valence-corrected chi connectivity index (χ4v) is 3.50. The molecule has 6 heteroatoms. The molecule has 0 N–H and O–H groups in total. The summed E-state index contributed by atoms with van der Waals surface area (Å²) in [6, 6.07) is 7.45. The highest BCUT2D eigenvalue weighted by molar-refractivity contribution is 6.01. The molecule has 2 fully saturated rings. The number of hydrogen-bond acceptors (Lipinski definition) is 4. The predicted octanol–water partition coefficient (Wildman–Crippen LogP) is 1.21. The molecule has 2 saturated heterocycles. The molecular weight excluding hydrogens is 306 g/mol. The van der Waals surface area contributed by atoms with Crippen molar-refractivity contribution in [3.05, 3.63) is 24.3 Å². The number of para-hydroxylation sites is 2. The summed E-state index contributed by atoms with van der Waals surface area (Å²) in [5, 5.41) is 0. The molecule has 1 atom stereocenters. The molecular formula is C18H25N3O3. The Kier molecular flexibility index (Phi) is 5.04. The number of piperazine rings is 1. The average molecular weight is 331 g/mol. The number of carbonyl (C=O) groups is 2. The van der Waals surface area contributed by atoms with Crippen LogP contribution in [-0.2, 0) is 9.59 Å². The Balaban J connectivity index is 1.67. The van der Waals surface area contributed by atoms with Crippen LogP contribution in [-0.4, -0.2) is 68.0 Å². The van der Waals surface area contributed by atoms with Crippen LogP contribution in [0.1, 0.15) is 13.3 Å². The molecule has 2 amide bonds. The Labute approximate surface area is 143 Å². The van der Waals surface area contributed by atoms with E-state index in [1.165, 1.54) is 0 Å². The van der Waals surface area contributed by atoms with Gasteiger partial charge in [-0.3, -0.25) is 9.59 Å². The first-order valence-corrected chi connectivity index (χ1v) is 8.58. The van der Waals surface area contributed by atoms with Crippen LogP contribution < -0.4 is 9.64 Å². The second-order valence-corrected chi connectivity index (χ2v) is 6.34. The summed E-state index contributed by atoms with van der Waals surface area (Å²) in [5.74, 6) is 0.507. The van der Waals surface area contributed by atoms with Gasteiger partial charge in [0.05, 0.1) is 18.7 Å². The molecule has 2 aliphatic rings. The molecule has 3 rings (SSSR count). The topological polar surface area (TPSA) is 53.1 Å². The lowest BCUT2D eigenvalue weighted by Gasteiger charge is -2.35. The molecule has 2 heterocycles. The minimum atomic E-state index is -0.254. The highest BCUT2D eigenvalue weighted by Gasteiger charge is 2.38. The van der Waals surface area contributed by atoms with Gasteiger partial charge in [0.2, 0.25) is 11.8 Å². The van der Waals surface area contributed by atoms with E-state index >= 15 is 0 Å². The van der Waals surface area contributed by atoms with Gasteiger partial charge in [0, 0.05) is 39.1 Å². The molecule has 0 spiro atoms. The second kappa shape index (κ2) is 7.21. The van der Waals surface area contributed by atoms with Gasteiger partial charge in [-0.15, -0.1) is 0 Å². The molecule has 24 heavy (non-hydrogen) atoms. The maximum atomic E-state index is 12.8. The number of ether oxygens (including phenoxy) is 1. The number of amides is 2. The fraction of sp³-hybridized carbons (Fsp3) is 0.556. The Morgan fingerprint density at radius 2 is 1.92 bits per heavy atom. The fourth-order valence-electron chi connectivity index (χ4n) is 3.50. The van der Waals surface area contributed by atoms with Gasteiger partial charge in [-0.2, -0.15) is 0 Å². The average Bonchev–Trinajstić information content (AvgIpc) is 3.02. The standard InChI is InChI=1S/C18H25N3O3/c1-3-19-8-10-20(11-9-19)18(23)14-12-17(22)21(13-14)15-6-4-5-7-16(15)24-2/h4-7,14H,3,8-13H2,1-2H3. The zero-order chi connectivity index (χ0) is 17.1. The van der Waals surface area contributed by atoms with Gasteiger partial charge in [0.25, 0.3) is 0 Å². The summed E-state index contributed by atoms with van der Waals surface area (Å²) >= 11 is 0. The van der Waals surface area contributed by atoms with E-state index in [9.17, 15) is 9.59 Å². The molecule has 0 aliphatic carbocycles. The summed E-state index contributed by atoms with van der Waals surface area (Å²) < 4.78 is 5.35. The predicted molar refractivity (Wildman–Crippen MR) is 92.1 cm³/mol. The number of likely N-dealkylation sites (N-methyl/N-ethyl adjacent to an activating group) is 1. The van der Waals surface area contributed by atoms with E-state index in [0.29, 0.717) is 12.3 Å². The Hall–Kier alpha value is -2.08. The SMILES string of the molecule is CCN1CCN(C(=O)C2CC(=O)N(c3ccccc3OC)C2)CC1. The summed E-state index contributed by atoms with van der Waals surface area (Å²) in [4.78, 5) is 31.1. The molecule has 1 aromatic carbocycles. The van der Waals surface area contributed by atoms with Gasteiger partial charge >= 0.3 is 0 Å². The molecule has 0 radical (unpaired) electrons. The number of hydrogen-bond donors (Lipinski definition) is 0. The number of carbonyl (C=O) groups excluding carboxylic acids is 2. The molecule has 6 nitrogen and oxygen atoms in total. The number of benzene rings is 1. The summed E-state index contributed by atoms with van der Waals surface area (Å²) in [7, 11) is 1.59. The van der Waals surface area contributed by atoms with E-state index < -0.39 is 0 Å². The summed E-state index contributed by atoms with van der Waals surface area (Å²) in [6.07, 6.45) is 0.283. The number of nitrogens with zero attached hydrogens (tertiary/aromatic N) is 3. The van der Waals surface area contributed by atoms with E-state index in [0.717, 1.165) is 38.4 Å². The van der Waals surface area contributed by atoms with Gasteiger partial charge in [-0.1, -0.05) is 19.1 Å². The molecule has 1 unspecified atom stereocenters. The molecule has 130 valence electrons. The third-order valence-electron chi connectivity index (χ3n) is 4.98. The zero-order valence-corrected chi connectivity index (χ0v) is 14.4. The van der Waals surface area contributed by atoms with Crippen molar-refractivity contribution in [3.8, 4) is 5.75 Å². The van der Waals surface area contributed by atoms with E-state index in [-0.39, 0.29) is 24.2 Å². The Bertz CT molecular complexity index is 611. The van der Waals surface area contributed by atoms with Crippen LogP contribution in [0.4, 0.5) is 5.69 Å². The van der Waals surface area contributed by atoms with Crippen LogP contribution in [0.15, 0.2) is 24.3 Å². The van der Waals surface area contributed by atoms with E-state index in [1.54, 1.807) is 12.0 Å². The maximum Gasteiger partial charge on any atom is 0.228 e. The molecule has 0 saturated carbocycles. The molecule has 0 aromatic heterocycles. The lowest BCUT2D eigenvalue weighted by molar-refractivity contribution is -0.137. The van der Waals surface area contributed by atoms with Gasteiger partial charge in [0.1, 0.15) is 5.75 Å². The smallest absolute Gasteiger partial charge is 0.228 e. The molecule has 2 aliphatic heterocycles. The minimum absolute atomic E-state index is 0.00922. The molecule has 1 aromatic rings. The summed E-state index contributed by atoms with van der Waals surface area (Å²) in [5.41, 5.74) is 0.746. The first kappa shape index (κ1) is 16.8. The van der Waals surface area contributed by atoms with E-state index in [1.807, 2.05) is 29.2 Å². The van der Waals surface area contributed by atoms with Crippen molar-refractivity contribution in [2.45, 2.75) is 13.3 Å². The lowest BCUT2D eigenvalue weighted by Crippen LogP contribution is -2.50. The van der Waals surface area contributed by atoms with Gasteiger partial charge in [-0.05, 0) is 18.7 Å². The Morgan fingerprint density at radius 3 is 2.58 bits per heavy atom. The van der Waals surface area contributed by atoms with Crippen LogP contribution in [0.2, 0.25) is 0 Å². The first-order valence-electron chi connectivity index (χ1n) is 8.58. The minimum Gasteiger partial charge on any atom is -0.495 e. The van der Waals surface area contributed by atoms with Crippen LogP contribution in [0.3, 0.4) is 0 Å². The molecule has 0 bridgehead atoms. The van der Waals surface area contributed by atoms with Gasteiger partial charge in [0.15, 0.2) is 0 Å². The highest BCUT2D eigenvalue weighted by Crippen LogP contribution is 2.33. The maximum absolute atomic E-state index is 12.8. The van der Waals surface area contributed by atoms with Gasteiger partial charge in [-0.25, -0.2) is 0 Å². The van der Waals surface area contributed by atoms with Crippen LogP contribution in [0.5, 0.6) is 5.75 Å². The van der Waals surface area contributed by atoms with Crippen molar-refractivity contribution in [3.63, 3.8) is 0 Å². The van der Waals surface area contributed by atoms with Crippen molar-refractivity contribution in [1.82, 2.24) is 9.80 Å². The monoisotopic (exact) mass is 331 g/mol. The zero-order valence-electron chi connectivity index (χ0n) is 14.4. The normalized spacial score (nSPS) is 22.1. The quantitative estimate of drug-likeness (QED) is 0.832. The van der Waals surface area contributed by atoms with Crippen molar-refractivity contribution < 1.29 is 14.3 Å². The van der Waals surface area contributed by atoms with Crippen LogP contribution in [0, 0.1) is 5.92 Å². The van der Waals surface area contributed by atoms with Crippen LogP contribution >= 0.6 is 0 Å². The second-order valence-electron chi connectivity index (χ2n) is 6.34. The van der Waals surface area contributed by atoms with Gasteiger partial charge < -0.3 is 19.4 Å². The van der Waals surface area contributed by atoms with E-state index in [4.69, 9.17) is 4.74 Å². The van der Waals surface area contributed by atoms with Crippen LogP contribution in [0.25, 0.3) is 0 Å². The number of rotatable bonds is 4. The summed E-state index contributed by atoms with van der Waals surface area (Å²) in [6.45, 7) is 6.94. The largest absolute Gasteiger partial charge is 0.495 e. The highest BCUT2D eigenvalue weighted by atomic mass is 16.5. The van der Waals surface area contributed by atoms with Crippen molar-refractivity contribution in [1.29, 1.82) is 0 Å². The third-order valence-corrected chi connectivity index (χ3v) is 4.98. The van der Waals surface area contributed by atoms with E-state index in [2.05, 4.69) is 11.8 Å². The number of anilines is 1. The van der Waals surface area contributed by atoms with Crippen molar-refractivity contribution in [2.24, 2.45) is 5.92 Å². The van der Waals surface area contributed by atoms with Crippen molar-refractivity contribution >= 4 is 17.5 Å². The number of methoxy groups -OCH3 is 1. The lowest BCUT2D eigenvalue weighted by atomic mass is 10.1. The Morgan fingerprint density at radius 1 is 1.21 bits per heavy atom. The third kappa shape index (κ3) is 3.24.